The molecule has 1 unspecified atom stereocenters. The summed E-state index contributed by atoms with van der Waals surface area (Å²) >= 11 is 0. The number of amides is 2. The van der Waals surface area contributed by atoms with Crippen molar-refractivity contribution in [3.05, 3.63) is 42.4 Å². The van der Waals surface area contributed by atoms with Crippen LogP contribution in [-0.2, 0) is 6.54 Å². The van der Waals surface area contributed by atoms with Crippen LogP contribution in [0, 0.1) is 0 Å². The molecule has 130 valence electrons. The minimum Gasteiger partial charge on any atom is -0.471 e. The maximum absolute atomic E-state index is 12.3. The lowest BCUT2D eigenvalue weighted by Gasteiger charge is -2.17. The van der Waals surface area contributed by atoms with Gasteiger partial charge in [-0.15, -0.1) is 0 Å². The van der Waals surface area contributed by atoms with E-state index in [1.54, 1.807) is 23.5 Å². The second-order valence-corrected chi connectivity index (χ2v) is 5.86. The SMILES string of the molecule is O=C(NCc1ccc2c(c1)OCO2)N1CCC(Oc2cnccn2)C1. The summed E-state index contributed by atoms with van der Waals surface area (Å²) in [7, 11) is 0. The number of hydrogen-bond acceptors (Lipinski definition) is 6. The van der Waals surface area contributed by atoms with Crippen molar-refractivity contribution in [3.8, 4) is 17.4 Å². The first kappa shape index (κ1) is 15.5. The molecule has 1 saturated heterocycles. The van der Waals surface area contributed by atoms with Crippen molar-refractivity contribution < 1.29 is 19.0 Å². The molecule has 8 heteroatoms. The molecule has 2 aromatic rings. The molecular weight excluding hydrogens is 324 g/mol. The van der Waals surface area contributed by atoms with Crippen molar-refractivity contribution in [1.82, 2.24) is 20.2 Å². The van der Waals surface area contributed by atoms with Crippen molar-refractivity contribution >= 4 is 6.03 Å². The molecule has 0 saturated carbocycles. The quantitative estimate of drug-likeness (QED) is 0.908. The summed E-state index contributed by atoms with van der Waals surface area (Å²) in [6.07, 6.45) is 5.46. The van der Waals surface area contributed by atoms with E-state index in [1.165, 1.54) is 0 Å². The van der Waals surface area contributed by atoms with Gasteiger partial charge in [-0.05, 0) is 17.7 Å². The zero-order chi connectivity index (χ0) is 17.1. The Balaban J connectivity index is 1.27. The van der Waals surface area contributed by atoms with E-state index in [1.807, 2.05) is 18.2 Å². The minimum atomic E-state index is -0.108. The molecule has 0 radical (unpaired) electrons. The third-order valence-corrected chi connectivity index (χ3v) is 4.14. The molecule has 4 rings (SSSR count). The molecule has 8 nitrogen and oxygen atoms in total. The predicted octanol–water partition coefficient (Wildman–Crippen LogP) is 1.57. The van der Waals surface area contributed by atoms with Crippen LogP contribution in [0.1, 0.15) is 12.0 Å². The van der Waals surface area contributed by atoms with Crippen LogP contribution in [0.25, 0.3) is 0 Å². The number of aromatic nitrogens is 2. The lowest BCUT2D eigenvalue weighted by molar-refractivity contribution is 0.174. The van der Waals surface area contributed by atoms with Gasteiger partial charge in [0, 0.05) is 31.9 Å². The number of likely N-dealkylation sites (tertiary alicyclic amines) is 1. The molecule has 25 heavy (non-hydrogen) atoms. The molecule has 1 fully saturated rings. The van der Waals surface area contributed by atoms with E-state index in [9.17, 15) is 4.79 Å². The maximum atomic E-state index is 12.3. The van der Waals surface area contributed by atoms with Gasteiger partial charge in [0.25, 0.3) is 0 Å². The van der Waals surface area contributed by atoms with Crippen LogP contribution in [0.4, 0.5) is 4.79 Å². The Labute approximate surface area is 144 Å². The molecule has 0 spiro atoms. The topological polar surface area (TPSA) is 85.8 Å². The predicted molar refractivity (Wildman–Crippen MR) is 87.4 cm³/mol. The summed E-state index contributed by atoms with van der Waals surface area (Å²) in [5.41, 5.74) is 0.962. The molecule has 0 bridgehead atoms. The normalized spacial score (nSPS) is 18.2. The number of benzene rings is 1. The Morgan fingerprint density at radius 1 is 1.32 bits per heavy atom. The lowest BCUT2D eigenvalue weighted by atomic mass is 10.2. The highest BCUT2D eigenvalue weighted by molar-refractivity contribution is 5.74. The second-order valence-electron chi connectivity index (χ2n) is 5.86. The number of nitrogens with zero attached hydrogens (tertiary/aromatic N) is 3. The largest absolute Gasteiger partial charge is 0.471 e. The highest BCUT2D eigenvalue weighted by Gasteiger charge is 2.27. The Hall–Kier alpha value is -3.03. The number of carbonyl (C=O) groups is 1. The zero-order valence-corrected chi connectivity index (χ0v) is 13.6. The van der Waals surface area contributed by atoms with Crippen LogP contribution in [0.5, 0.6) is 17.4 Å². The number of urea groups is 1. The van der Waals surface area contributed by atoms with E-state index in [0.29, 0.717) is 31.3 Å². The monoisotopic (exact) mass is 342 g/mol. The number of nitrogens with one attached hydrogen (secondary N) is 1. The van der Waals surface area contributed by atoms with Crippen molar-refractivity contribution in [1.29, 1.82) is 0 Å². The molecule has 2 aliphatic rings. The summed E-state index contributed by atoms with van der Waals surface area (Å²) < 4.78 is 16.4. The van der Waals surface area contributed by atoms with Crippen LogP contribution < -0.4 is 19.5 Å². The summed E-state index contributed by atoms with van der Waals surface area (Å²) in [6, 6.07) is 5.54. The van der Waals surface area contributed by atoms with Crippen LogP contribution >= 0.6 is 0 Å². The van der Waals surface area contributed by atoms with Crippen molar-refractivity contribution in [2.45, 2.75) is 19.1 Å². The first-order chi connectivity index (χ1) is 12.3. The van der Waals surface area contributed by atoms with Gasteiger partial charge in [0.1, 0.15) is 6.10 Å². The van der Waals surface area contributed by atoms with Crippen LogP contribution in [0.15, 0.2) is 36.8 Å². The highest BCUT2D eigenvalue weighted by atomic mass is 16.7. The van der Waals surface area contributed by atoms with Crippen molar-refractivity contribution in [2.75, 3.05) is 19.9 Å². The molecule has 1 N–H and O–H groups in total. The highest BCUT2D eigenvalue weighted by Crippen LogP contribution is 2.32. The Morgan fingerprint density at radius 2 is 2.24 bits per heavy atom. The summed E-state index contributed by atoms with van der Waals surface area (Å²) in [4.78, 5) is 22.1. The van der Waals surface area contributed by atoms with Gasteiger partial charge in [-0.25, -0.2) is 9.78 Å². The third kappa shape index (κ3) is 3.57. The first-order valence-electron chi connectivity index (χ1n) is 8.12. The van der Waals surface area contributed by atoms with Crippen molar-refractivity contribution in [2.24, 2.45) is 0 Å². The maximum Gasteiger partial charge on any atom is 0.317 e. The average Bonchev–Trinajstić information content (AvgIpc) is 3.29. The number of carbonyl (C=O) groups excluding carboxylic acids is 1. The molecule has 1 aromatic carbocycles. The number of hydrogen-bond donors (Lipinski definition) is 1. The van der Waals surface area contributed by atoms with E-state index in [0.717, 1.165) is 17.7 Å². The smallest absolute Gasteiger partial charge is 0.317 e. The van der Waals surface area contributed by atoms with Crippen LogP contribution in [0.3, 0.4) is 0 Å². The Bertz CT molecular complexity index is 756. The van der Waals surface area contributed by atoms with Gasteiger partial charge >= 0.3 is 6.03 Å². The van der Waals surface area contributed by atoms with Gasteiger partial charge < -0.3 is 24.4 Å². The van der Waals surface area contributed by atoms with E-state index < -0.39 is 0 Å². The van der Waals surface area contributed by atoms with E-state index in [2.05, 4.69) is 15.3 Å². The van der Waals surface area contributed by atoms with Crippen LogP contribution in [-0.4, -0.2) is 46.9 Å². The number of rotatable bonds is 4. The Morgan fingerprint density at radius 3 is 3.12 bits per heavy atom. The molecule has 3 heterocycles. The summed E-state index contributed by atoms with van der Waals surface area (Å²) in [5, 5.41) is 2.92. The molecule has 0 aliphatic carbocycles. The molecule has 1 aromatic heterocycles. The van der Waals surface area contributed by atoms with Crippen LogP contribution in [0.2, 0.25) is 0 Å². The van der Waals surface area contributed by atoms with Gasteiger partial charge in [0.2, 0.25) is 12.7 Å². The summed E-state index contributed by atoms with van der Waals surface area (Å²) in [6.45, 7) is 1.86. The second kappa shape index (κ2) is 6.84. The van der Waals surface area contributed by atoms with E-state index in [4.69, 9.17) is 14.2 Å². The number of fused-ring (bicyclic) bond motifs is 1. The van der Waals surface area contributed by atoms with Crippen molar-refractivity contribution in [3.63, 3.8) is 0 Å². The third-order valence-electron chi connectivity index (χ3n) is 4.14. The van der Waals surface area contributed by atoms with Gasteiger partial charge in [0.15, 0.2) is 11.5 Å². The van der Waals surface area contributed by atoms with Gasteiger partial charge in [0.05, 0.1) is 12.7 Å². The molecular formula is C17H18N4O4. The van der Waals surface area contributed by atoms with E-state index >= 15 is 0 Å². The Kier molecular flexibility index (Phi) is 4.24. The van der Waals surface area contributed by atoms with Gasteiger partial charge in [-0.3, -0.25) is 4.98 Å². The fourth-order valence-corrected chi connectivity index (χ4v) is 2.87. The molecule has 2 aliphatic heterocycles. The summed E-state index contributed by atoms with van der Waals surface area (Å²) in [5.74, 6) is 1.93. The fraction of sp³-hybridized carbons (Fsp3) is 0.353. The van der Waals surface area contributed by atoms with Gasteiger partial charge in [-0.1, -0.05) is 6.07 Å². The molecule has 1 atom stereocenters. The standard InChI is InChI=1S/C17H18N4O4/c22-17(20-8-12-1-2-14-15(7-12)24-11-23-14)21-6-3-13(10-21)25-16-9-18-4-5-19-16/h1-2,4-5,7,9,13H,3,6,8,10-11H2,(H,20,22). The minimum absolute atomic E-state index is 0.0620. The average molecular weight is 342 g/mol. The van der Waals surface area contributed by atoms with Gasteiger partial charge in [-0.2, -0.15) is 0 Å². The first-order valence-corrected chi connectivity index (χ1v) is 8.12. The zero-order valence-electron chi connectivity index (χ0n) is 13.6. The molecule has 2 amide bonds. The lowest BCUT2D eigenvalue weighted by Crippen LogP contribution is -2.39. The van der Waals surface area contributed by atoms with E-state index in [-0.39, 0.29) is 18.9 Å². The number of ether oxygens (including phenoxy) is 3. The fourth-order valence-electron chi connectivity index (χ4n) is 2.87.